The lowest BCUT2D eigenvalue weighted by Gasteiger charge is -2.25. The largest absolute Gasteiger partial charge is 0.481 e. The molecule has 3 N–H and O–H groups in total. The van der Waals surface area contributed by atoms with E-state index in [-0.39, 0.29) is 18.9 Å². The van der Waals surface area contributed by atoms with Gasteiger partial charge in [-0.15, -0.1) is 11.3 Å². The Kier molecular flexibility index (Phi) is 4.68. The van der Waals surface area contributed by atoms with Gasteiger partial charge in [0.15, 0.2) is 0 Å². The van der Waals surface area contributed by atoms with Crippen LogP contribution in [-0.4, -0.2) is 37.1 Å². The number of aryl methyl sites for hydroxylation is 1. The van der Waals surface area contributed by atoms with Crippen LogP contribution in [0, 0.1) is 12.3 Å². The average Bonchev–Trinajstić information content (AvgIpc) is 3.36. The molecule has 3 aromatic rings. The van der Waals surface area contributed by atoms with Gasteiger partial charge in [0.1, 0.15) is 16.5 Å². The molecule has 1 aliphatic rings. The minimum absolute atomic E-state index is 0.201. The zero-order valence-corrected chi connectivity index (χ0v) is 16.0. The number of aromatic amines is 1. The molecule has 0 saturated heterocycles. The quantitative estimate of drug-likeness (QED) is 0.586. The average molecular weight is 397 g/mol. The second-order valence-corrected chi connectivity index (χ2v) is 7.97. The molecule has 0 aliphatic heterocycles. The third-order valence-electron chi connectivity index (χ3n) is 4.93. The fourth-order valence-electron chi connectivity index (χ4n) is 3.64. The van der Waals surface area contributed by atoms with Crippen LogP contribution in [0.4, 0.5) is 0 Å². The molecule has 0 spiro atoms. The number of H-pyrrole nitrogens is 1. The van der Waals surface area contributed by atoms with Gasteiger partial charge in [-0.1, -0.05) is 24.3 Å². The number of aromatic nitrogens is 4. The van der Waals surface area contributed by atoms with Gasteiger partial charge < -0.3 is 10.4 Å². The third-order valence-corrected chi connectivity index (χ3v) is 5.77. The Labute approximate surface area is 165 Å². The van der Waals surface area contributed by atoms with Crippen LogP contribution in [-0.2, 0) is 29.0 Å². The lowest BCUT2D eigenvalue weighted by atomic mass is 9.80. The maximum absolute atomic E-state index is 13.0. The fraction of sp³-hybridized carbons (Fsp3) is 0.316. The van der Waals surface area contributed by atoms with Gasteiger partial charge in [0.25, 0.3) is 0 Å². The van der Waals surface area contributed by atoms with E-state index < -0.39 is 11.4 Å². The van der Waals surface area contributed by atoms with Crippen molar-refractivity contribution >= 4 is 23.2 Å². The summed E-state index contributed by atoms with van der Waals surface area (Å²) in [7, 11) is 0. The standard InChI is InChI=1S/C19H19N5O3S/c1-11-21-17(24-23-11)14-10-28-15(22-14)9-20-18(27)19(8-16(25)26)6-12-4-2-3-5-13(12)7-19/h2-5,10H,6-9H2,1H3,(H,20,27)(H,25,26)(H,21,23,24). The van der Waals surface area contributed by atoms with Gasteiger partial charge in [0.2, 0.25) is 11.7 Å². The van der Waals surface area contributed by atoms with Crippen molar-refractivity contribution in [2.75, 3.05) is 0 Å². The molecule has 2 aromatic heterocycles. The predicted octanol–water partition coefficient (Wildman–Crippen LogP) is 2.11. The highest BCUT2D eigenvalue weighted by atomic mass is 32.1. The number of fused-ring (bicyclic) bond motifs is 1. The number of carboxylic acid groups (broad SMARTS) is 1. The molecule has 0 saturated carbocycles. The van der Waals surface area contributed by atoms with E-state index in [1.807, 2.05) is 36.6 Å². The van der Waals surface area contributed by atoms with Crippen molar-refractivity contribution in [2.24, 2.45) is 5.41 Å². The van der Waals surface area contributed by atoms with Gasteiger partial charge in [-0.05, 0) is 30.9 Å². The number of aliphatic carboxylic acids is 1. The predicted molar refractivity (Wildman–Crippen MR) is 103 cm³/mol. The molecule has 2 heterocycles. The van der Waals surface area contributed by atoms with Crippen LogP contribution in [0.15, 0.2) is 29.6 Å². The van der Waals surface area contributed by atoms with E-state index in [1.165, 1.54) is 11.3 Å². The lowest BCUT2D eigenvalue weighted by Crippen LogP contribution is -2.43. The van der Waals surface area contributed by atoms with Gasteiger partial charge >= 0.3 is 5.97 Å². The lowest BCUT2D eigenvalue weighted by molar-refractivity contribution is -0.145. The molecule has 1 aromatic carbocycles. The van der Waals surface area contributed by atoms with Crippen molar-refractivity contribution in [3.8, 4) is 11.5 Å². The van der Waals surface area contributed by atoms with Crippen molar-refractivity contribution < 1.29 is 14.7 Å². The Hall–Kier alpha value is -3.07. The SMILES string of the molecule is Cc1nc(-c2csc(CNC(=O)C3(CC(=O)O)Cc4ccccc4C3)n2)n[nH]1. The number of hydrogen-bond acceptors (Lipinski definition) is 6. The summed E-state index contributed by atoms with van der Waals surface area (Å²) in [5, 5.41) is 21.7. The van der Waals surface area contributed by atoms with Crippen LogP contribution >= 0.6 is 11.3 Å². The molecule has 0 radical (unpaired) electrons. The Morgan fingerprint density at radius 1 is 1.25 bits per heavy atom. The first-order chi connectivity index (χ1) is 13.4. The van der Waals surface area contributed by atoms with E-state index in [9.17, 15) is 14.7 Å². The van der Waals surface area contributed by atoms with Crippen molar-refractivity contribution in [1.29, 1.82) is 0 Å². The Balaban J connectivity index is 1.47. The maximum Gasteiger partial charge on any atom is 0.304 e. The van der Waals surface area contributed by atoms with E-state index in [1.54, 1.807) is 0 Å². The number of rotatable bonds is 6. The summed E-state index contributed by atoms with van der Waals surface area (Å²) in [5.41, 5.74) is 1.76. The van der Waals surface area contributed by atoms with Crippen LogP contribution in [0.25, 0.3) is 11.5 Å². The Morgan fingerprint density at radius 3 is 2.57 bits per heavy atom. The Morgan fingerprint density at radius 2 is 1.96 bits per heavy atom. The highest BCUT2D eigenvalue weighted by Crippen LogP contribution is 2.40. The van der Waals surface area contributed by atoms with Crippen LogP contribution in [0.5, 0.6) is 0 Å². The van der Waals surface area contributed by atoms with E-state index in [2.05, 4.69) is 25.5 Å². The van der Waals surface area contributed by atoms with Crippen LogP contribution in [0.2, 0.25) is 0 Å². The number of benzene rings is 1. The zero-order chi connectivity index (χ0) is 19.7. The molecular weight excluding hydrogens is 378 g/mol. The molecule has 9 heteroatoms. The van der Waals surface area contributed by atoms with Gasteiger partial charge in [-0.2, -0.15) is 5.10 Å². The van der Waals surface area contributed by atoms with Crippen LogP contribution < -0.4 is 5.32 Å². The minimum atomic E-state index is -0.973. The second kappa shape index (κ2) is 7.16. The number of amides is 1. The highest BCUT2D eigenvalue weighted by Gasteiger charge is 2.45. The summed E-state index contributed by atoms with van der Waals surface area (Å²) in [6.07, 6.45) is 0.662. The van der Waals surface area contributed by atoms with Crippen molar-refractivity contribution in [3.05, 3.63) is 51.6 Å². The van der Waals surface area contributed by atoms with Crippen LogP contribution in [0.3, 0.4) is 0 Å². The number of carbonyl (C=O) groups is 2. The number of carboxylic acids is 1. The first kappa shape index (κ1) is 18.3. The molecule has 0 atom stereocenters. The summed E-state index contributed by atoms with van der Waals surface area (Å²) in [6.45, 7) is 2.05. The van der Waals surface area contributed by atoms with E-state index in [0.29, 0.717) is 35.2 Å². The first-order valence-electron chi connectivity index (χ1n) is 8.86. The topological polar surface area (TPSA) is 121 Å². The van der Waals surface area contributed by atoms with E-state index in [4.69, 9.17) is 0 Å². The number of carbonyl (C=O) groups excluding carboxylic acids is 1. The number of thiazole rings is 1. The van der Waals surface area contributed by atoms with Gasteiger partial charge in [-0.3, -0.25) is 14.7 Å². The highest BCUT2D eigenvalue weighted by molar-refractivity contribution is 7.09. The van der Waals surface area contributed by atoms with Crippen LogP contribution in [0.1, 0.15) is 28.4 Å². The normalized spacial score (nSPS) is 14.6. The second-order valence-electron chi connectivity index (χ2n) is 7.03. The molecule has 0 fully saturated rings. The molecule has 4 rings (SSSR count). The number of nitrogens with zero attached hydrogens (tertiary/aromatic N) is 3. The van der Waals surface area contributed by atoms with Crippen molar-refractivity contribution in [1.82, 2.24) is 25.5 Å². The zero-order valence-electron chi connectivity index (χ0n) is 15.2. The number of hydrogen-bond donors (Lipinski definition) is 3. The first-order valence-corrected chi connectivity index (χ1v) is 9.74. The third kappa shape index (κ3) is 3.53. The smallest absolute Gasteiger partial charge is 0.304 e. The molecule has 144 valence electrons. The summed E-state index contributed by atoms with van der Waals surface area (Å²) in [6, 6.07) is 7.74. The van der Waals surface area contributed by atoms with Gasteiger partial charge in [0, 0.05) is 5.38 Å². The van der Waals surface area contributed by atoms with E-state index in [0.717, 1.165) is 11.1 Å². The summed E-state index contributed by atoms with van der Waals surface area (Å²) >= 11 is 1.40. The molecular formula is C19H19N5O3S. The fourth-order valence-corrected chi connectivity index (χ4v) is 4.36. The molecule has 1 aliphatic carbocycles. The van der Waals surface area contributed by atoms with Crippen molar-refractivity contribution in [3.63, 3.8) is 0 Å². The summed E-state index contributed by atoms with van der Waals surface area (Å²) < 4.78 is 0. The van der Waals surface area contributed by atoms with Gasteiger partial charge in [-0.25, -0.2) is 9.97 Å². The molecule has 0 unspecified atom stereocenters. The molecule has 1 amide bonds. The summed E-state index contributed by atoms with van der Waals surface area (Å²) in [4.78, 5) is 33.1. The van der Waals surface area contributed by atoms with E-state index >= 15 is 0 Å². The van der Waals surface area contributed by atoms with Gasteiger partial charge in [0.05, 0.1) is 18.4 Å². The molecule has 8 nitrogen and oxygen atoms in total. The van der Waals surface area contributed by atoms with Crippen molar-refractivity contribution in [2.45, 2.75) is 32.7 Å². The number of nitrogens with one attached hydrogen (secondary N) is 2. The Bertz CT molecular complexity index is 1020. The maximum atomic E-state index is 13.0. The molecule has 0 bridgehead atoms. The summed E-state index contributed by atoms with van der Waals surface area (Å²) in [5.74, 6) is -0.00904. The minimum Gasteiger partial charge on any atom is -0.481 e. The monoisotopic (exact) mass is 397 g/mol. The molecule has 28 heavy (non-hydrogen) atoms.